The highest BCUT2D eigenvalue weighted by atomic mass is 16.3. The molecule has 0 bridgehead atoms. The van der Waals surface area contributed by atoms with Crippen LogP contribution in [0, 0.1) is 0 Å². The molecule has 0 radical (unpaired) electrons. The van der Waals surface area contributed by atoms with Gasteiger partial charge in [-0.25, -0.2) is 0 Å². The Morgan fingerprint density at radius 3 is 2.53 bits per heavy atom. The number of nitrogens with one attached hydrogen (secondary N) is 2. The Bertz CT molecular complexity index is 366. The SMILES string of the molecule is CC(C)NCCCC(=O)N[C@H](CO)c1ccccc1. The van der Waals surface area contributed by atoms with Gasteiger partial charge >= 0.3 is 0 Å². The van der Waals surface area contributed by atoms with Crippen LogP contribution in [-0.4, -0.2) is 30.2 Å². The van der Waals surface area contributed by atoms with Crippen LogP contribution >= 0.6 is 0 Å². The van der Waals surface area contributed by atoms with Crippen LogP contribution in [0.15, 0.2) is 30.3 Å². The summed E-state index contributed by atoms with van der Waals surface area (Å²) in [4.78, 5) is 11.8. The molecule has 19 heavy (non-hydrogen) atoms. The minimum atomic E-state index is -0.313. The van der Waals surface area contributed by atoms with Crippen molar-refractivity contribution in [1.82, 2.24) is 10.6 Å². The molecule has 0 aliphatic heterocycles. The summed E-state index contributed by atoms with van der Waals surface area (Å²) in [6.45, 7) is 4.91. The molecule has 4 heteroatoms. The van der Waals surface area contributed by atoms with Crippen molar-refractivity contribution >= 4 is 5.91 Å². The maximum absolute atomic E-state index is 11.8. The van der Waals surface area contributed by atoms with Crippen LogP contribution in [0.5, 0.6) is 0 Å². The first-order chi connectivity index (χ1) is 9.13. The van der Waals surface area contributed by atoms with Crippen LogP contribution in [-0.2, 0) is 4.79 Å². The summed E-state index contributed by atoms with van der Waals surface area (Å²) in [5.74, 6) is -0.0199. The Morgan fingerprint density at radius 2 is 1.95 bits per heavy atom. The lowest BCUT2D eigenvalue weighted by molar-refractivity contribution is -0.122. The van der Waals surface area contributed by atoms with Crippen molar-refractivity contribution in [3.63, 3.8) is 0 Å². The molecule has 4 nitrogen and oxygen atoms in total. The molecule has 106 valence electrons. The first kappa shape index (κ1) is 15.7. The summed E-state index contributed by atoms with van der Waals surface area (Å²) in [5.41, 5.74) is 0.929. The molecule has 0 heterocycles. The van der Waals surface area contributed by atoms with E-state index in [2.05, 4.69) is 24.5 Å². The second-order valence-electron chi connectivity index (χ2n) is 4.93. The molecule has 0 saturated carbocycles. The molecule has 1 aromatic rings. The van der Waals surface area contributed by atoms with Gasteiger partial charge < -0.3 is 15.7 Å². The number of hydrogen-bond donors (Lipinski definition) is 3. The maximum atomic E-state index is 11.8. The molecule has 1 atom stereocenters. The van der Waals surface area contributed by atoms with Gasteiger partial charge in [-0.15, -0.1) is 0 Å². The van der Waals surface area contributed by atoms with Crippen LogP contribution in [0.25, 0.3) is 0 Å². The number of amides is 1. The van der Waals surface area contributed by atoms with Crippen molar-refractivity contribution < 1.29 is 9.90 Å². The van der Waals surface area contributed by atoms with E-state index in [1.165, 1.54) is 0 Å². The van der Waals surface area contributed by atoms with E-state index in [9.17, 15) is 9.90 Å². The van der Waals surface area contributed by atoms with E-state index in [0.29, 0.717) is 12.5 Å². The number of carbonyl (C=O) groups is 1. The zero-order valence-corrected chi connectivity index (χ0v) is 11.7. The molecule has 0 unspecified atom stereocenters. The predicted octanol–water partition coefficient (Wildman–Crippen LogP) is 1.61. The molecule has 1 aromatic carbocycles. The second kappa shape index (κ2) is 8.67. The molecule has 0 fully saturated rings. The molecular weight excluding hydrogens is 240 g/mol. The molecule has 0 saturated heterocycles. The van der Waals surface area contributed by atoms with E-state index >= 15 is 0 Å². The average Bonchev–Trinajstić information content (AvgIpc) is 2.41. The molecule has 3 N–H and O–H groups in total. The third-order valence-electron chi connectivity index (χ3n) is 2.85. The van der Waals surface area contributed by atoms with E-state index in [4.69, 9.17) is 0 Å². The molecular formula is C15H24N2O2. The Labute approximate surface area is 115 Å². The van der Waals surface area contributed by atoms with Gasteiger partial charge in [0, 0.05) is 12.5 Å². The largest absolute Gasteiger partial charge is 0.394 e. The van der Waals surface area contributed by atoms with Gasteiger partial charge in [0.25, 0.3) is 0 Å². The highest BCUT2D eigenvalue weighted by Gasteiger charge is 2.12. The van der Waals surface area contributed by atoms with Crippen molar-refractivity contribution in [2.24, 2.45) is 0 Å². The van der Waals surface area contributed by atoms with Gasteiger partial charge in [0.05, 0.1) is 12.6 Å². The number of carbonyl (C=O) groups excluding carboxylic acids is 1. The first-order valence-corrected chi connectivity index (χ1v) is 6.82. The van der Waals surface area contributed by atoms with Gasteiger partial charge in [-0.1, -0.05) is 44.2 Å². The number of rotatable bonds is 8. The molecule has 1 amide bonds. The van der Waals surface area contributed by atoms with Crippen LogP contribution in [0.2, 0.25) is 0 Å². The van der Waals surface area contributed by atoms with E-state index < -0.39 is 0 Å². The highest BCUT2D eigenvalue weighted by Crippen LogP contribution is 2.11. The Hall–Kier alpha value is -1.39. The van der Waals surface area contributed by atoms with E-state index in [1.807, 2.05) is 30.3 Å². The van der Waals surface area contributed by atoms with E-state index in [-0.39, 0.29) is 18.6 Å². The summed E-state index contributed by atoms with van der Waals surface area (Å²) < 4.78 is 0. The quantitative estimate of drug-likeness (QED) is 0.625. The maximum Gasteiger partial charge on any atom is 0.220 e. The fourth-order valence-corrected chi connectivity index (χ4v) is 1.83. The van der Waals surface area contributed by atoms with Gasteiger partial charge in [0.1, 0.15) is 0 Å². The summed E-state index contributed by atoms with van der Waals surface area (Å²) in [7, 11) is 0. The van der Waals surface area contributed by atoms with Crippen molar-refractivity contribution in [1.29, 1.82) is 0 Å². The standard InChI is InChI=1S/C15H24N2O2/c1-12(2)16-10-6-9-15(19)17-14(11-18)13-7-4-3-5-8-13/h3-5,7-8,12,14,16,18H,6,9-11H2,1-2H3,(H,17,19)/t14-/m1/s1. The molecule has 0 aliphatic rings. The van der Waals surface area contributed by atoms with Crippen LogP contribution < -0.4 is 10.6 Å². The predicted molar refractivity (Wildman–Crippen MR) is 76.8 cm³/mol. The third kappa shape index (κ3) is 6.36. The van der Waals surface area contributed by atoms with Gasteiger partial charge in [0.2, 0.25) is 5.91 Å². The Morgan fingerprint density at radius 1 is 1.26 bits per heavy atom. The molecule has 0 spiro atoms. The monoisotopic (exact) mass is 264 g/mol. The van der Waals surface area contributed by atoms with Crippen molar-refractivity contribution in [3.05, 3.63) is 35.9 Å². The van der Waals surface area contributed by atoms with Crippen LogP contribution in [0.3, 0.4) is 0 Å². The summed E-state index contributed by atoms with van der Waals surface area (Å²) in [6, 6.07) is 9.65. The second-order valence-corrected chi connectivity index (χ2v) is 4.93. The van der Waals surface area contributed by atoms with Gasteiger partial charge in [-0.05, 0) is 18.5 Å². The van der Waals surface area contributed by atoms with Gasteiger partial charge in [0.15, 0.2) is 0 Å². The number of hydrogen-bond acceptors (Lipinski definition) is 3. The molecule has 1 rings (SSSR count). The lowest BCUT2D eigenvalue weighted by Gasteiger charge is -2.17. The van der Waals surface area contributed by atoms with Crippen molar-refractivity contribution in [2.75, 3.05) is 13.2 Å². The lowest BCUT2D eigenvalue weighted by Crippen LogP contribution is -2.31. The number of aliphatic hydroxyl groups excluding tert-OH is 1. The van der Waals surface area contributed by atoms with Crippen LogP contribution in [0.1, 0.15) is 38.3 Å². The normalized spacial score (nSPS) is 12.4. The highest BCUT2D eigenvalue weighted by molar-refractivity contribution is 5.76. The fraction of sp³-hybridized carbons (Fsp3) is 0.533. The van der Waals surface area contributed by atoms with Crippen molar-refractivity contribution in [3.8, 4) is 0 Å². The van der Waals surface area contributed by atoms with Crippen molar-refractivity contribution in [2.45, 2.75) is 38.8 Å². The number of aliphatic hydroxyl groups is 1. The van der Waals surface area contributed by atoms with E-state index in [0.717, 1.165) is 18.5 Å². The molecule has 0 aliphatic carbocycles. The summed E-state index contributed by atoms with van der Waals surface area (Å²) >= 11 is 0. The van der Waals surface area contributed by atoms with Gasteiger partial charge in [-0.2, -0.15) is 0 Å². The molecule has 0 aromatic heterocycles. The van der Waals surface area contributed by atoms with Gasteiger partial charge in [-0.3, -0.25) is 4.79 Å². The fourth-order valence-electron chi connectivity index (χ4n) is 1.83. The van der Waals surface area contributed by atoms with E-state index in [1.54, 1.807) is 0 Å². The van der Waals surface area contributed by atoms with Crippen LogP contribution in [0.4, 0.5) is 0 Å². The smallest absolute Gasteiger partial charge is 0.220 e. The number of benzene rings is 1. The Kier molecular flexibility index (Phi) is 7.15. The lowest BCUT2D eigenvalue weighted by atomic mass is 10.1. The zero-order valence-electron chi connectivity index (χ0n) is 11.7. The topological polar surface area (TPSA) is 61.4 Å². The first-order valence-electron chi connectivity index (χ1n) is 6.82. The average molecular weight is 264 g/mol. The summed E-state index contributed by atoms with van der Waals surface area (Å²) in [5, 5.41) is 15.5. The third-order valence-corrected chi connectivity index (χ3v) is 2.85. The minimum Gasteiger partial charge on any atom is -0.394 e. The zero-order chi connectivity index (χ0) is 14.1. The minimum absolute atomic E-state index is 0.0199. The summed E-state index contributed by atoms with van der Waals surface area (Å²) in [6.07, 6.45) is 1.28. The Balaban J connectivity index is 2.33.